The average molecular weight is 399 g/mol. The van der Waals surface area contributed by atoms with Gasteiger partial charge in [-0.3, -0.25) is 0 Å². The van der Waals surface area contributed by atoms with Crippen molar-refractivity contribution in [1.29, 1.82) is 0 Å². The van der Waals surface area contributed by atoms with Crippen LogP contribution in [-0.4, -0.2) is 17.7 Å². The van der Waals surface area contributed by atoms with Crippen LogP contribution in [0.4, 0.5) is 4.39 Å². The highest BCUT2D eigenvalue weighted by atomic mass is 19.1. The molecule has 7 nitrogen and oxygen atoms in total. The minimum atomic E-state index is -0.629. The van der Waals surface area contributed by atoms with Crippen molar-refractivity contribution in [1.82, 2.24) is 5.16 Å². The van der Waals surface area contributed by atoms with Gasteiger partial charge in [-0.05, 0) is 24.2 Å². The van der Waals surface area contributed by atoms with Gasteiger partial charge in [0, 0.05) is 22.8 Å². The summed E-state index contributed by atoms with van der Waals surface area (Å²) in [6.45, 7) is 1.38. The molecule has 8 heteroatoms. The van der Waals surface area contributed by atoms with Crippen molar-refractivity contribution in [3.8, 4) is 11.6 Å². The molecule has 0 saturated carbocycles. The zero-order chi connectivity index (χ0) is 20.2. The molecule has 0 amide bonds. The number of halogens is 1. The first-order chi connectivity index (χ1) is 14.1. The lowest BCUT2D eigenvalue weighted by Crippen LogP contribution is -2.20. The van der Waals surface area contributed by atoms with E-state index in [-0.39, 0.29) is 25.7 Å². The number of fused-ring (bicyclic) bond motifs is 1. The molecule has 0 fully saturated rings. The lowest BCUT2D eigenvalue weighted by Gasteiger charge is -2.28. The summed E-state index contributed by atoms with van der Waals surface area (Å²) >= 11 is 0. The summed E-state index contributed by atoms with van der Waals surface area (Å²) in [7, 11) is 0. The fourth-order valence-corrected chi connectivity index (χ4v) is 2.90. The summed E-state index contributed by atoms with van der Waals surface area (Å²) in [6.07, 6.45) is -0.623. The average Bonchev–Trinajstić information content (AvgIpc) is 3.16. The normalized spacial score (nSPS) is 15.3. The molecule has 150 valence electrons. The van der Waals surface area contributed by atoms with E-state index < -0.39 is 18.1 Å². The van der Waals surface area contributed by atoms with E-state index in [1.54, 1.807) is 13.0 Å². The maximum Gasteiger partial charge on any atom is 0.344 e. The van der Waals surface area contributed by atoms with Crippen LogP contribution >= 0.6 is 0 Å². The highest BCUT2D eigenvalue weighted by Crippen LogP contribution is 2.36. The van der Waals surface area contributed by atoms with Crippen molar-refractivity contribution < 1.29 is 32.7 Å². The van der Waals surface area contributed by atoms with Gasteiger partial charge in [-0.15, -0.1) is 0 Å². The van der Waals surface area contributed by atoms with Crippen LogP contribution in [0, 0.1) is 12.7 Å². The molecule has 2 heterocycles. The summed E-state index contributed by atoms with van der Waals surface area (Å²) in [4.78, 5) is 12.0. The molecule has 0 radical (unpaired) electrons. The Morgan fingerprint density at radius 1 is 1.24 bits per heavy atom. The predicted octanol–water partition coefficient (Wildman–Crippen LogP) is 3.85. The van der Waals surface area contributed by atoms with Crippen molar-refractivity contribution in [3.05, 3.63) is 76.8 Å². The molecular weight excluding hydrogens is 381 g/mol. The third kappa shape index (κ3) is 4.55. The van der Waals surface area contributed by atoms with Gasteiger partial charge in [0.15, 0.2) is 6.61 Å². The van der Waals surface area contributed by atoms with Gasteiger partial charge >= 0.3 is 5.97 Å². The molecule has 0 spiro atoms. The minimum Gasteiger partial charge on any atom is -0.463 e. The molecule has 0 saturated heterocycles. The Kier molecular flexibility index (Phi) is 5.44. The number of hydrogen-bond donors (Lipinski definition) is 0. The monoisotopic (exact) mass is 399 g/mol. The zero-order valence-corrected chi connectivity index (χ0v) is 15.6. The number of ether oxygens (including phenoxy) is 4. The number of aromatic nitrogens is 1. The van der Waals surface area contributed by atoms with E-state index in [0.29, 0.717) is 22.6 Å². The molecule has 0 N–H and O–H groups in total. The Morgan fingerprint density at radius 3 is 2.83 bits per heavy atom. The number of benzene rings is 2. The van der Waals surface area contributed by atoms with Gasteiger partial charge in [0.2, 0.25) is 6.29 Å². The van der Waals surface area contributed by atoms with Crippen LogP contribution in [0.5, 0.6) is 11.6 Å². The van der Waals surface area contributed by atoms with Crippen LogP contribution in [0.3, 0.4) is 0 Å². The highest BCUT2D eigenvalue weighted by Gasteiger charge is 2.25. The second-order valence-electron chi connectivity index (χ2n) is 6.45. The van der Waals surface area contributed by atoms with Crippen LogP contribution in [0.15, 0.2) is 53.1 Å². The first kappa shape index (κ1) is 18.9. The maximum atomic E-state index is 14.0. The van der Waals surface area contributed by atoms with Crippen molar-refractivity contribution in [2.45, 2.75) is 26.4 Å². The highest BCUT2D eigenvalue weighted by molar-refractivity contribution is 5.71. The van der Waals surface area contributed by atoms with Gasteiger partial charge in [-0.2, -0.15) is 0 Å². The Balaban J connectivity index is 1.42. The molecular formula is C21H18FNO6. The third-order valence-electron chi connectivity index (χ3n) is 4.23. The fourth-order valence-electron chi connectivity index (χ4n) is 2.90. The fraction of sp³-hybridized carbons (Fsp3) is 0.238. The van der Waals surface area contributed by atoms with Gasteiger partial charge in [0.25, 0.3) is 5.88 Å². The Hall–Kier alpha value is -3.39. The molecule has 1 atom stereocenters. The van der Waals surface area contributed by atoms with Crippen molar-refractivity contribution in [2.24, 2.45) is 0 Å². The van der Waals surface area contributed by atoms with Crippen LogP contribution in [0.25, 0.3) is 0 Å². The molecule has 4 rings (SSSR count). The molecule has 3 aromatic rings. The molecule has 1 aliphatic rings. The summed E-state index contributed by atoms with van der Waals surface area (Å²) < 4.78 is 40.8. The standard InChI is InChI=1S/C21H18FNO6/c1-13-7-18(23-29-13)25-12-19(24)26-10-15-8-17(22)9-16-11-27-21(28-20(15)16)14-5-3-2-4-6-14/h2-9,21H,10-12H2,1H3/t21-/m1/s1. The smallest absolute Gasteiger partial charge is 0.344 e. The molecule has 1 aromatic heterocycles. The van der Waals surface area contributed by atoms with Gasteiger partial charge < -0.3 is 23.5 Å². The number of carbonyl (C=O) groups excluding carboxylic acids is 1. The van der Waals surface area contributed by atoms with Crippen molar-refractivity contribution in [2.75, 3.05) is 6.61 Å². The molecule has 0 aliphatic carbocycles. The van der Waals surface area contributed by atoms with Crippen LogP contribution in [0.2, 0.25) is 0 Å². The second-order valence-corrected chi connectivity index (χ2v) is 6.45. The van der Waals surface area contributed by atoms with E-state index in [0.717, 1.165) is 5.56 Å². The van der Waals surface area contributed by atoms with Gasteiger partial charge in [0.1, 0.15) is 23.9 Å². The van der Waals surface area contributed by atoms with E-state index in [4.69, 9.17) is 23.5 Å². The second kappa shape index (κ2) is 8.32. The number of hydrogen-bond acceptors (Lipinski definition) is 7. The summed E-state index contributed by atoms with van der Waals surface area (Å²) in [5, 5.41) is 3.62. The molecule has 0 bridgehead atoms. The Labute approximate surface area is 165 Å². The van der Waals surface area contributed by atoms with E-state index in [1.807, 2.05) is 30.3 Å². The van der Waals surface area contributed by atoms with Gasteiger partial charge in [-0.1, -0.05) is 30.3 Å². The topological polar surface area (TPSA) is 80.0 Å². The van der Waals surface area contributed by atoms with Gasteiger partial charge in [-0.25, -0.2) is 9.18 Å². The molecule has 29 heavy (non-hydrogen) atoms. The van der Waals surface area contributed by atoms with E-state index in [1.165, 1.54) is 12.1 Å². The first-order valence-electron chi connectivity index (χ1n) is 8.95. The maximum absolute atomic E-state index is 14.0. The van der Waals surface area contributed by atoms with E-state index in [2.05, 4.69) is 5.16 Å². The lowest BCUT2D eigenvalue weighted by atomic mass is 10.1. The number of rotatable bonds is 6. The lowest BCUT2D eigenvalue weighted by molar-refractivity contribution is -0.147. The summed E-state index contributed by atoms with van der Waals surface area (Å²) in [6, 6.07) is 13.6. The first-order valence-corrected chi connectivity index (χ1v) is 8.95. The van der Waals surface area contributed by atoms with Crippen molar-refractivity contribution >= 4 is 5.97 Å². The SMILES string of the molecule is Cc1cc(OCC(=O)OCc2cc(F)cc3c2O[C@H](c2ccccc2)OC3)no1. The van der Waals surface area contributed by atoms with Crippen LogP contribution in [-0.2, 0) is 27.5 Å². The number of esters is 1. The number of aryl methyl sites for hydroxylation is 1. The van der Waals surface area contributed by atoms with E-state index in [9.17, 15) is 9.18 Å². The third-order valence-corrected chi connectivity index (χ3v) is 4.23. The Morgan fingerprint density at radius 2 is 2.07 bits per heavy atom. The number of carbonyl (C=O) groups is 1. The summed E-state index contributed by atoms with van der Waals surface area (Å²) in [5.74, 6) is 0.109. The van der Waals surface area contributed by atoms with Crippen LogP contribution in [0.1, 0.15) is 28.7 Å². The zero-order valence-electron chi connectivity index (χ0n) is 15.6. The largest absolute Gasteiger partial charge is 0.463 e. The van der Waals surface area contributed by atoms with Crippen LogP contribution < -0.4 is 9.47 Å². The Bertz CT molecular complexity index is 1000. The van der Waals surface area contributed by atoms with Crippen molar-refractivity contribution in [3.63, 3.8) is 0 Å². The molecule has 2 aromatic carbocycles. The molecule has 1 aliphatic heterocycles. The predicted molar refractivity (Wildman–Crippen MR) is 97.5 cm³/mol. The summed E-state index contributed by atoms with van der Waals surface area (Å²) in [5.41, 5.74) is 1.80. The van der Waals surface area contributed by atoms with E-state index >= 15 is 0 Å². The quantitative estimate of drug-likeness (QED) is 0.583. The minimum absolute atomic E-state index is 0.165. The number of nitrogens with zero attached hydrogens (tertiary/aromatic N) is 1. The van der Waals surface area contributed by atoms with Gasteiger partial charge in [0.05, 0.1) is 6.61 Å². The molecule has 0 unspecified atom stereocenters.